The normalized spacial score (nSPS) is 27.7. The number of ketones is 1. The highest BCUT2D eigenvalue weighted by atomic mass is 79.9. The molecule has 2 aliphatic heterocycles. The Morgan fingerprint density at radius 3 is 2.32 bits per heavy atom. The minimum atomic E-state index is -0.256. The highest BCUT2D eigenvalue weighted by molar-refractivity contribution is 9.09. The number of nitrogens with one attached hydrogen (secondary N) is 2. The highest BCUT2D eigenvalue weighted by Crippen LogP contribution is 2.26. The highest BCUT2D eigenvalue weighted by Gasteiger charge is 2.42. The molecule has 0 radical (unpaired) electrons. The first-order chi connectivity index (χ1) is 12.0. The van der Waals surface area contributed by atoms with Crippen LogP contribution in [0.4, 0.5) is 0 Å². The van der Waals surface area contributed by atoms with E-state index in [0.717, 1.165) is 18.4 Å². The molecule has 25 heavy (non-hydrogen) atoms. The van der Waals surface area contributed by atoms with Crippen LogP contribution in [-0.2, 0) is 4.79 Å². The molecule has 2 fully saturated rings. The van der Waals surface area contributed by atoms with E-state index in [1.165, 1.54) is 0 Å². The maximum absolute atomic E-state index is 12.8. The lowest BCUT2D eigenvalue weighted by atomic mass is 9.88. The van der Waals surface area contributed by atoms with Gasteiger partial charge in [0.25, 0.3) is 0 Å². The number of hydrazine groups is 1. The zero-order chi connectivity index (χ0) is 18.0. The second-order valence-electron chi connectivity index (χ2n) is 7.31. The fraction of sp³-hybridized carbons (Fsp3) is 0.579. The number of hydrogen-bond donors (Lipinski definition) is 2. The number of alkyl halides is 1. The predicted molar refractivity (Wildman–Crippen MR) is 101 cm³/mol. The molecule has 3 unspecified atom stereocenters. The second kappa shape index (κ2) is 7.98. The van der Waals surface area contributed by atoms with Gasteiger partial charge in [0.1, 0.15) is 6.04 Å². The van der Waals surface area contributed by atoms with Gasteiger partial charge >= 0.3 is 0 Å². The van der Waals surface area contributed by atoms with Gasteiger partial charge in [0.2, 0.25) is 5.91 Å². The lowest BCUT2D eigenvalue weighted by Gasteiger charge is -2.33. The number of halogens is 1. The Bertz CT molecular complexity index is 614. The van der Waals surface area contributed by atoms with Crippen LogP contribution in [0.5, 0.6) is 0 Å². The van der Waals surface area contributed by atoms with Crippen LogP contribution in [0.1, 0.15) is 37.0 Å². The van der Waals surface area contributed by atoms with Gasteiger partial charge in [0.15, 0.2) is 5.78 Å². The fourth-order valence-corrected chi connectivity index (χ4v) is 4.78. The third kappa shape index (κ3) is 3.96. The van der Waals surface area contributed by atoms with Crippen molar-refractivity contribution in [1.29, 1.82) is 0 Å². The molecule has 1 aromatic carbocycles. The van der Waals surface area contributed by atoms with Crippen LogP contribution < -0.4 is 10.9 Å². The standard InChI is InChI=1S/C19H26BrN3O2/c1-12(2)16-15(20)17(22-21-16)19(25)23-10-8-14(9-11-23)18(24)13-6-4-3-5-7-13/h3-7,12,14-17,21-22H,8-11H2,1-2H3. The molecule has 5 nitrogen and oxygen atoms in total. The second-order valence-corrected chi connectivity index (χ2v) is 8.37. The third-order valence-electron chi connectivity index (χ3n) is 5.29. The summed E-state index contributed by atoms with van der Waals surface area (Å²) in [6.45, 7) is 5.57. The monoisotopic (exact) mass is 407 g/mol. The lowest BCUT2D eigenvalue weighted by Crippen LogP contribution is -2.51. The van der Waals surface area contributed by atoms with Gasteiger partial charge in [0, 0.05) is 30.6 Å². The topological polar surface area (TPSA) is 61.4 Å². The number of piperidine rings is 1. The summed E-state index contributed by atoms with van der Waals surface area (Å²) >= 11 is 3.68. The van der Waals surface area contributed by atoms with E-state index in [2.05, 4.69) is 40.6 Å². The summed E-state index contributed by atoms with van der Waals surface area (Å²) < 4.78 is 0. The van der Waals surface area contributed by atoms with Crippen molar-refractivity contribution in [2.24, 2.45) is 11.8 Å². The molecule has 0 bridgehead atoms. The summed E-state index contributed by atoms with van der Waals surface area (Å²) in [4.78, 5) is 27.4. The molecule has 2 aliphatic rings. The van der Waals surface area contributed by atoms with E-state index in [0.29, 0.717) is 19.0 Å². The van der Waals surface area contributed by atoms with Crippen LogP contribution in [0.3, 0.4) is 0 Å². The van der Waals surface area contributed by atoms with Gasteiger partial charge in [-0.25, -0.2) is 5.43 Å². The zero-order valence-corrected chi connectivity index (χ0v) is 16.3. The van der Waals surface area contributed by atoms with Crippen LogP contribution in [0.25, 0.3) is 0 Å². The Morgan fingerprint density at radius 1 is 1.12 bits per heavy atom. The molecule has 0 aliphatic carbocycles. The largest absolute Gasteiger partial charge is 0.341 e. The lowest BCUT2D eigenvalue weighted by molar-refractivity contribution is -0.134. The summed E-state index contributed by atoms with van der Waals surface area (Å²) in [7, 11) is 0. The minimum Gasteiger partial charge on any atom is -0.341 e. The molecule has 0 spiro atoms. The van der Waals surface area contributed by atoms with Gasteiger partial charge in [-0.3, -0.25) is 15.0 Å². The number of Topliss-reactive ketones (excluding diaryl/α,β-unsaturated/α-hetero) is 1. The van der Waals surface area contributed by atoms with Crippen molar-refractivity contribution in [3.63, 3.8) is 0 Å². The van der Waals surface area contributed by atoms with Gasteiger partial charge in [-0.2, -0.15) is 0 Å². The van der Waals surface area contributed by atoms with Crippen LogP contribution >= 0.6 is 15.9 Å². The minimum absolute atomic E-state index is 0.0179. The summed E-state index contributed by atoms with van der Waals surface area (Å²) in [5.74, 6) is 0.767. The number of likely N-dealkylation sites (tertiary alicyclic amines) is 1. The van der Waals surface area contributed by atoms with Gasteiger partial charge in [-0.05, 0) is 18.8 Å². The van der Waals surface area contributed by atoms with Gasteiger partial charge in [0.05, 0.1) is 4.83 Å². The fourth-order valence-electron chi connectivity index (χ4n) is 3.68. The van der Waals surface area contributed by atoms with Crippen molar-refractivity contribution in [2.45, 2.75) is 43.6 Å². The Balaban J connectivity index is 1.56. The molecule has 1 aromatic rings. The third-order valence-corrected chi connectivity index (χ3v) is 6.39. The SMILES string of the molecule is CC(C)C1NNC(C(=O)N2CCC(C(=O)c3ccccc3)CC2)C1Br. The Labute approximate surface area is 157 Å². The molecule has 3 atom stereocenters. The number of carbonyl (C=O) groups excluding carboxylic acids is 2. The van der Waals surface area contributed by atoms with Gasteiger partial charge in [-0.1, -0.05) is 60.1 Å². The quantitative estimate of drug-likeness (QED) is 0.593. The molecule has 2 N–H and O–H groups in total. The molecule has 0 aromatic heterocycles. The smallest absolute Gasteiger partial charge is 0.242 e. The van der Waals surface area contributed by atoms with Crippen LogP contribution in [-0.4, -0.2) is 46.6 Å². The Kier molecular flexibility index (Phi) is 5.92. The summed E-state index contributed by atoms with van der Waals surface area (Å²) in [5.41, 5.74) is 7.14. The van der Waals surface area contributed by atoms with Crippen molar-refractivity contribution in [3.05, 3.63) is 35.9 Å². The summed E-state index contributed by atoms with van der Waals surface area (Å²) in [6.07, 6.45) is 1.47. The van der Waals surface area contributed by atoms with Crippen LogP contribution in [0, 0.1) is 11.8 Å². The molecule has 0 saturated carbocycles. The first kappa shape index (κ1) is 18.5. The van der Waals surface area contributed by atoms with E-state index in [4.69, 9.17) is 0 Å². The molecule has 2 heterocycles. The van der Waals surface area contributed by atoms with Crippen molar-refractivity contribution in [1.82, 2.24) is 15.8 Å². The van der Waals surface area contributed by atoms with Crippen molar-refractivity contribution < 1.29 is 9.59 Å². The Hall–Kier alpha value is -1.24. The van der Waals surface area contributed by atoms with E-state index in [1.54, 1.807) is 0 Å². The number of rotatable bonds is 4. The van der Waals surface area contributed by atoms with E-state index in [9.17, 15) is 9.59 Å². The maximum Gasteiger partial charge on any atom is 0.242 e. The average Bonchev–Trinajstić information content (AvgIpc) is 3.03. The average molecular weight is 408 g/mol. The van der Waals surface area contributed by atoms with Crippen molar-refractivity contribution >= 4 is 27.6 Å². The molecule has 1 amide bonds. The van der Waals surface area contributed by atoms with E-state index >= 15 is 0 Å². The number of nitrogens with zero attached hydrogens (tertiary/aromatic N) is 1. The molecule has 2 saturated heterocycles. The molecule has 3 rings (SSSR count). The van der Waals surface area contributed by atoms with Crippen molar-refractivity contribution in [3.8, 4) is 0 Å². The molecule has 6 heteroatoms. The summed E-state index contributed by atoms with van der Waals surface area (Å²) in [6, 6.07) is 9.42. The first-order valence-electron chi connectivity index (χ1n) is 9.02. The van der Waals surface area contributed by atoms with Crippen LogP contribution in [0.2, 0.25) is 0 Å². The van der Waals surface area contributed by atoms with E-state index in [-0.39, 0.29) is 34.5 Å². The number of amides is 1. The zero-order valence-electron chi connectivity index (χ0n) is 14.7. The predicted octanol–water partition coefficient (Wildman–Crippen LogP) is 2.37. The van der Waals surface area contributed by atoms with Gasteiger partial charge < -0.3 is 4.90 Å². The van der Waals surface area contributed by atoms with Gasteiger partial charge in [-0.15, -0.1) is 0 Å². The number of benzene rings is 1. The van der Waals surface area contributed by atoms with Crippen LogP contribution in [0.15, 0.2) is 30.3 Å². The summed E-state index contributed by atoms with van der Waals surface area (Å²) in [5, 5.41) is 0. The first-order valence-corrected chi connectivity index (χ1v) is 9.93. The van der Waals surface area contributed by atoms with E-state index in [1.807, 2.05) is 35.2 Å². The van der Waals surface area contributed by atoms with E-state index < -0.39 is 0 Å². The number of hydrogen-bond acceptors (Lipinski definition) is 4. The molecule has 136 valence electrons. The Morgan fingerprint density at radius 2 is 1.76 bits per heavy atom. The number of carbonyl (C=O) groups is 2. The maximum atomic E-state index is 12.8. The molecular weight excluding hydrogens is 382 g/mol. The van der Waals surface area contributed by atoms with Crippen molar-refractivity contribution in [2.75, 3.05) is 13.1 Å². The molecular formula is C19H26BrN3O2.